The molecule has 1 aliphatic carbocycles. The number of amides is 1. The minimum absolute atomic E-state index is 0.137. The van der Waals surface area contributed by atoms with E-state index in [-0.39, 0.29) is 16.9 Å². The Morgan fingerprint density at radius 2 is 1.92 bits per heavy atom. The fourth-order valence-electron chi connectivity index (χ4n) is 3.35. The predicted octanol–water partition coefficient (Wildman–Crippen LogP) is 2.54. The zero-order chi connectivity index (χ0) is 19.3. The highest BCUT2D eigenvalue weighted by Crippen LogP contribution is 2.26. The smallest absolute Gasteiger partial charge is 0.251 e. The van der Waals surface area contributed by atoms with E-state index < -0.39 is 10.0 Å². The van der Waals surface area contributed by atoms with Gasteiger partial charge in [-0.1, -0.05) is 19.8 Å². The molecule has 0 radical (unpaired) electrons. The van der Waals surface area contributed by atoms with Gasteiger partial charge in [-0.15, -0.1) is 0 Å². The van der Waals surface area contributed by atoms with Crippen molar-refractivity contribution in [3.05, 3.63) is 28.8 Å². The van der Waals surface area contributed by atoms with Crippen LogP contribution in [-0.2, 0) is 14.8 Å². The lowest BCUT2D eigenvalue weighted by atomic mass is 9.88. The number of sulfonamides is 1. The van der Waals surface area contributed by atoms with E-state index >= 15 is 0 Å². The van der Waals surface area contributed by atoms with Gasteiger partial charge in [-0.25, -0.2) is 13.1 Å². The van der Waals surface area contributed by atoms with Gasteiger partial charge < -0.3 is 10.1 Å². The summed E-state index contributed by atoms with van der Waals surface area (Å²) in [7, 11) is -2.25. The van der Waals surface area contributed by atoms with Gasteiger partial charge in [0.15, 0.2) is 0 Å². The molecule has 1 saturated carbocycles. The second-order valence-corrected chi connectivity index (χ2v) is 8.91. The van der Waals surface area contributed by atoms with Crippen LogP contribution in [0.15, 0.2) is 17.0 Å². The van der Waals surface area contributed by atoms with Crippen LogP contribution < -0.4 is 10.0 Å². The van der Waals surface area contributed by atoms with Gasteiger partial charge in [0.05, 0.1) is 17.6 Å². The lowest BCUT2D eigenvalue weighted by molar-refractivity contribution is -0.00293. The van der Waals surface area contributed by atoms with Gasteiger partial charge in [0, 0.05) is 12.1 Å². The predicted molar refractivity (Wildman–Crippen MR) is 102 cm³/mol. The second kappa shape index (κ2) is 8.97. The van der Waals surface area contributed by atoms with E-state index in [1.54, 1.807) is 19.9 Å². The monoisotopic (exact) mass is 382 g/mol. The number of benzene rings is 1. The highest BCUT2D eigenvalue weighted by Gasteiger charge is 2.22. The van der Waals surface area contributed by atoms with Crippen molar-refractivity contribution in [2.45, 2.75) is 57.5 Å². The molecule has 0 aliphatic heterocycles. The third-order valence-corrected chi connectivity index (χ3v) is 6.73. The summed E-state index contributed by atoms with van der Waals surface area (Å²) < 4.78 is 32.5. The molecule has 2 rings (SSSR count). The molecule has 0 heterocycles. The van der Waals surface area contributed by atoms with Crippen LogP contribution in [0.5, 0.6) is 0 Å². The molecule has 2 atom stereocenters. The van der Waals surface area contributed by atoms with Crippen LogP contribution in [0, 0.1) is 19.8 Å². The molecular weight excluding hydrogens is 352 g/mol. The maximum Gasteiger partial charge on any atom is 0.251 e. The Morgan fingerprint density at radius 3 is 2.58 bits per heavy atom. The average molecular weight is 383 g/mol. The number of hydrogen-bond donors (Lipinski definition) is 2. The summed E-state index contributed by atoms with van der Waals surface area (Å²) >= 11 is 0. The topological polar surface area (TPSA) is 84.5 Å². The van der Waals surface area contributed by atoms with Crippen molar-refractivity contribution >= 4 is 15.9 Å². The standard InChI is InChI=1S/C19H30N2O4S/c1-13-7-5-6-8-17(13)25-10-9-21-19(22)16-11-14(2)15(3)18(12-16)26(23,24)20-4/h11-13,17,20H,5-10H2,1-4H3,(H,21,22). The van der Waals surface area contributed by atoms with E-state index in [2.05, 4.69) is 17.0 Å². The number of carbonyl (C=O) groups is 1. The van der Waals surface area contributed by atoms with Crippen LogP contribution in [0.2, 0.25) is 0 Å². The van der Waals surface area contributed by atoms with Gasteiger partial charge in [-0.3, -0.25) is 4.79 Å². The zero-order valence-corrected chi connectivity index (χ0v) is 16.9. The summed E-state index contributed by atoms with van der Waals surface area (Å²) in [5.41, 5.74) is 1.75. The molecule has 146 valence electrons. The third kappa shape index (κ3) is 5.05. The molecule has 0 saturated heterocycles. The second-order valence-electron chi connectivity index (χ2n) is 7.05. The normalized spacial score (nSPS) is 20.8. The number of carbonyl (C=O) groups excluding carboxylic acids is 1. The summed E-state index contributed by atoms with van der Waals surface area (Å²) in [6.45, 7) is 6.62. The third-order valence-electron chi connectivity index (χ3n) is 5.19. The Kier molecular flexibility index (Phi) is 7.20. The van der Waals surface area contributed by atoms with E-state index in [0.717, 1.165) is 12.0 Å². The first-order valence-electron chi connectivity index (χ1n) is 9.21. The fraction of sp³-hybridized carbons (Fsp3) is 0.632. The molecule has 26 heavy (non-hydrogen) atoms. The molecule has 7 heteroatoms. The summed E-state index contributed by atoms with van der Waals surface area (Å²) in [5, 5.41) is 2.82. The Hall–Kier alpha value is -1.44. The van der Waals surface area contributed by atoms with E-state index in [9.17, 15) is 13.2 Å². The molecular formula is C19H30N2O4S. The van der Waals surface area contributed by atoms with Crippen molar-refractivity contribution in [2.75, 3.05) is 20.2 Å². The number of nitrogens with one attached hydrogen (secondary N) is 2. The van der Waals surface area contributed by atoms with Crippen molar-refractivity contribution < 1.29 is 17.9 Å². The van der Waals surface area contributed by atoms with Crippen molar-refractivity contribution in [3.63, 3.8) is 0 Å². The van der Waals surface area contributed by atoms with Gasteiger partial charge in [0.1, 0.15) is 0 Å². The zero-order valence-electron chi connectivity index (χ0n) is 16.1. The molecule has 0 bridgehead atoms. The summed E-state index contributed by atoms with van der Waals surface area (Å²) in [6, 6.07) is 3.14. The maximum absolute atomic E-state index is 12.4. The van der Waals surface area contributed by atoms with E-state index in [1.165, 1.54) is 32.4 Å². The van der Waals surface area contributed by atoms with E-state index in [1.807, 2.05) is 0 Å². The Morgan fingerprint density at radius 1 is 1.23 bits per heavy atom. The molecule has 0 spiro atoms. The number of ether oxygens (including phenoxy) is 1. The molecule has 1 aromatic carbocycles. The highest BCUT2D eigenvalue weighted by atomic mass is 32.2. The van der Waals surface area contributed by atoms with Gasteiger partial charge in [0.25, 0.3) is 5.91 Å². The Labute approximate surface area is 156 Å². The summed E-state index contributed by atoms with van der Waals surface area (Å²) in [4.78, 5) is 12.5. The minimum Gasteiger partial charge on any atom is -0.376 e. The first kappa shape index (κ1) is 20.9. The van der Waals surface area contributed by atoms with Gasteiger partial charge in [-0.05, 0) is 62.9 Å². The largest absolute Gasteiger partial charge is 0.376 e. The molecule has 1 fully saturated rings. The molecule has 1 amide bonds. The highest BCUT2D eigenvalue weighted by molar-refractivity contribution is 7.89. The molecule has 1 aromatic rings. The van der Waals surface area contributed by atoms with Gasteiger partial charge in [0.2, 0.25) is 10.0 Å². The molecule has 2 unspecified atom stereocenters. The first-order chi connectivity index (χ1) is 12.3. The molecule has 0 aromatic heterocycles. The van der Waals surface area contributed by atoms with Gasteiger partial charge >= 0.3 is 0 Å². The van der Waals surface area contributed by atoms with E-state index in [0.29, 0.717) is 30.2 Å². The maximum atomic E-state index is 12.4. The Balaban J connectivity index is 1.97. The van der Waals surface area contributed by atoms with Crippen molar-refractivity contribution in [1.29, 1.82) is 0 Å². The summed E-state index contributed by atoms with van der Waals surface area (Å²) in [6.07, 6.45) is 5.02. The van der Waals surface area contributed by atoms with Crippen molar-refractivity contribution in [2.24, 2.45) is 5.92 Å². The average Bonchev–Trinajstić information content (AvgIpc) is 2.61. The lowest BCUT2D eigenvalue weighted by Gasteiger charge is -2.28. The fourth-order valence-corrected chi connectivity index (χ4v) is 4.42. The molecule has 2 N–H and O–H groups in total. The SMILES string of the molecule is CNS(=O)(=O)c1cc(C(=O)NCCOC2CCCCC2C)cc(C)c1C. The van der Waals surface area contributed by atoms with Crippen LogP contribution >= 0.6 is 0 Å². The lowest BCUT2D eigenvalue weighted by Crippen LogP contribution is -2.32. The number of rotatable bonds is 7. The Bertz CT molecular complexity index is 746. The van der Waals surface area contributed by atoms with Crippen molar-refractivity contribution in [3.8, 4) is 0 Å². The van der Waals surface area contributed by atoms with Crippen molar-refractivity contribution in [1.82, 2.24) is 10.0 Å². The summed E-state index contributed by atoms with van der Waals surface area (Å²) in [5.74, 6) is 0.273. The van der Waals surface area contributed by atoms with Crippen LogP contribution in [0.1, 0.15) is 54.1 Å². The minimum atomic E-state index is -3.61. The van der Waals surface area contributed by atoms with Gasteiger partial charge in [-0.2, -0.15) is 0 Å². The van der Waals surface area contributed by atoms with Crippen LogP contribution in [0.3, 0.4) is 0 Å². The molecule has 6 nitrogen and oxygen atoms in total. The van der Waals surface area contributed by atoms with Crippen LogP contribution in [-0.4, -0.2) is 40.6 Å². The van der Waals surface area contributed by atoms with E-state index in [4.69, 9.17) is 4.74 Å². The molecule has 1 aliphatic rings. The number of aryl methyl sites for hydroxylation is 1. The van der Waals surface area contributed by atoms with Crippen LogP contribution in [0.25, 0.3) is 0 Å². The van der Waals surface area contributed by atoms with Crippen LogP contribution in [0.4, 0.5) is 0 Å². The number of hydrogen-bond acceptors (Lipinski definition) is 4. The first-order valence-corrected chi connectivity index (χ1v) is 10.7. The quantitative estimate of drug-likeness (QED) is 0.710.